The predicted molar refractivity (Wildman–Crippen MR) is 117 cm³/mol. The summed E-state index contributed by atoms with van der Waals surface area (Å²) in [6.07, 6.45) is 3.91. The van der Waals surface area contributed by atoms with E-state index in [1.807, 2.05) is 0 Å². The van der Waals surface area contributed by atoms with Gasteiger partial charge in [-0.15, -0.1) is 12.4 Å². The van der Waals surface area contributed by atoms with Crippen molar-refractivity contribution in [2.45, 2.75) is 11.3 Å². The van der Waals surface area contributed by atoms with Crippen LogP contribution in [0.15, 0.2) is 52.9 Å². The number of nitrogens with zero attached hydrogens (tertiary/aromatic N) is 2. The number of benzene rings is 1. The van der Waals surface area contributed by atoms with Crippen molar-refractivity contribution >= 4 is 39.9 Å². The Morgan fingerprint density at radius 1 is 1.17 bits per heavy atom. The van der Waals surface area contributed by atoms with Crippen LogP contribution in [0, 0.1) is 0 Å². The normalized spacial score (nSPS) is 15.2. The highest BCUT2D eigenvalue weighted by Crippen LogP contribution is 2.20. The van der Waals surface area contributed by atoms with Crippen molar-refractivity contribution in [1.82, 2.24) is 9.88 Å². The summed E-state index contributed by atoms with van der Waals surface area (Å²) in [7, 11) is -3.57. The van der Waals surface area contributed by atoms with Crippen molar-refractivity contribution in [2.24, 2.45) is 0 Å². The molecule has 2 heterocycles. The zero-order chi connectivity index (χ0) is 19.8. The van der Waals surface area contributed by atoms with E-state index >= 15 is 0 Å². The first-order valence-electron chi connectivity index (χ1n) is 9.11. The molecule has 3 rings (SSSR count). The number of morpholine rings is 1. The van der Waals surface area contributed by atoms with Crippen molar-refractivity contribution in [3.63, 3.8) is 0 Å². The Kier molecular flexibility index (Phi) is 9.39. The summed E-state index contributed by atoms with van der Waals surface area (Å²) in [6, 6.07) is 9.83. The Morgan fingerprint density at radius 2 is 1.90 bits per heavy atom. The third-order valence-electron chi connectivity index (χ3n) is 4.36. The summed E-state index contributed by atoms with van der Waals surface area (Å²) >= 11 is 5.95. The Bertz CT molecular complexity index is 899. The summed E-state index contributed by atoms with van der Waals surface area (Å²) in [6.45, 7) is 5.06. The average molecular weight is 459 g/mol. The van der Waals surface area contributed by atoms with Gasteiger partial charge in [-0.05, 0) is 42.8 Å². The minimum Gasteiger partial charge on any atom is -0.494 e. The van der Waals surface area contributed by atoms with Gasteiger partial charge < -0.3 is 9.47 Å². The van der Waals surface area contributed by atoms with Gasteiger partial charge in [0.15, 0.2) is 9.84 Å². The van der Waals surface area contributed by atoms with Gasteiger partial charge in [-0.1, -0.05) is 17.7 Å². The van der Waals surface area contributed by atoms with E-state index in [1.165, 1.54) is 6.08 Å². The van der Waals surface area contributed by atoms with Crippen LogP contribution >= 0.6 is 24.0 Å². The van der Waals surface area contributed by atoms with E-state index < -0.39 is 9.84 Å². The quantitative estimate of drug-likeness (QED) is 0.443. The first-order valence-corrected chi connectivity index (χ1v) is 11.0. The SMILES string of the molecule is Cl.O=S(=O)(/C=C/c1cccnc1Cl)c1ccc(OCCCN2CCOCC2)cc1. The van der Waals surface area contributed by atoms with Crippen LogP contribution in [0.5, 0.6) is 5.75 Å². The largest absolute Gasteiger partial charge is 0.494 e. The molecule has 29 heavy (non-hydrogen) atoms. The van der Waals surface area contributed by atoms with E-state index in [2.05, 4.69) is 9.88 Å². The molecule has 2 aromatic rings. The van der Waals surface area contributed by atoms with Gasteiger partial charge in [0.05, 0.1) is 24.7 Å². The Balaban J connectivity index is 0.00000300. The number of hydrogen-bond acceptors (Lipinski definition) is 6. The molecular formula is C20H24Cl2N2O4S. The van der Waals surface area contributed by atoms with E-state index in [9.17, 15) is 8.42 Å². The van der Waals surface area contributed by atoms with Crippen LogP contribution in [0.3, 0.4) is 0 Å². The zero-order valence-corrected chi connectivity index (χ0v) is 18.3. The highest BCUT2D eigenvalue weighted by Gasteiger charge is 2.12. The molecule has 1 aliphatic rings. The Labute approximate surface area is 182 Å². The first kappa shape index (κ1) is 23.6. The van der Waals surface area contributed by atoms with Crippen LogP contribution in [0.4, 0.5) is 0 Å². The zero-order valence-electron chi connectivity index (χ0n) is 15.9. The molecule has 0 unspecified atom stereocenters. The maximum absolute atomic E-state index is 12.5. The van der Waals surface area contributed by atoms with Gasteiger partial charge in [0, 0.05) is 36.8 Å². The van der Waals surface area contributed by atoms with Crippen LogP contribution < -0.4 is 4.74 Å². The van der Waals surface area contributed by atoms with E-state index in [0.29, 0.717) is 17.9 Å². The lowest BCUT2D eigenvalue weighted by atomic mass is 10.3. The van der Waals surface area contributed by atoms with Gasteiger partial charge in [0.25, 0.3) is 0 Å². The third-order valence-corrected chi connectivity index (χ3v) is 6.10. The van der Waals surface area contributed by atoms with E-state index in [-0.39, 0.29) is 22.5 Å². The number of halogens is 2. The van der Waals surface area contributed by atoms with Gasteiger partial charge in [-0.25, -0.2) is 13.4 Å². The second-order valence-corrected chi connectivity index (χ2v) is 8.55. The molecule has 0 aliphatic carbocycles. The molecule has 0 radical (unpaired) electrons. The van der Waals surface area contributed by atoms with Crippen LogP contribution in [0.25, 0.3) is 6.08 Å². The molecule has 0 N–H and O–H groups in total. The molecule has 0 bridgehead atoms. The molecule has 0 amide bonds. The average Bonchev–Trinajstić information content (AvgIpc) is 2.72. The highest BCUT2D eigenvalue weighted by molar-refractivity contribution is 7.94. The maximum Gasteiger partial charge on any atom is 0.199 e. The lowest BCUT2D eigenvalue weighted by molar-refractivity contribution is 0.0358. The second kappa shape index (κ2) is 11.5. The van der Waals surface area contributed by atoms with Gasteiger partial charge in [0.2, 0.25) is 0 Å². The van der Waals surface area contributed by atoms with Gasteiger partial charge in [0.1, 0.15) is 10.9 Å². The van der Waals surface area contributed by atoms with E-state index in [1.54, 1.807) is 42.6 Å². The van der Waals surface area contributed by atoms with Gasteiger partial charge >= 0.3 is 0 Å². The number of rotatable bonds is 8. The number of pyridine rings is 1. The molecule has 1 aromatic heterocycles. The lowest BCUT2D eigenvalue weighted by Gasteiger charge is -2.26. The third kappa shape index (κ3) is 7.28. The molecule has 9 heteroatoms. The van der Waals surface area contributed by atoms with Crippen LogP contribution in [-0.4, -0.2) is 57.8 Å². The molecule has 6 nitrogen and oxygen atoms in total. The first-order chi connectivity index (χ1) is 13.5. The maximum atomic E-state index is 12.5. The molecule has 1 fully saturated rings. The van der Waals surface area contributed by atoms with Crippen molar-refractivity contribution in [3.05, 3.63) is 58.7 Å². The Hall–Kier alpha value is -1.64. The number of sulfone groups is 1. The fourth-order valence-corrected chi connectivity index (χ4v) is 3.97. The minimum absolute atomic E-state index is 0. The van der Waals surface area contributed by atoms with Crippen LogP contribution in [0.1, 0.15) is 12.0 Å². The summed E-state index contributed by atoms with van der Waals surface area (Å²) in [5.74, 6) is 0.653. The standard InChI is InChI=1S/C20H23ClN2O4S.ClH/c21-20-17(3-1-9-22-20)8-16-28(24,25)19-6-4-18(5-7-19)27-13-2-10-23-11-14-26-15-12-23;/h1,3-9,16H,2,10-15H2;1H/b16-8+;. The Morgan fingerprint density at radius 3 is 2.59 bits per heavy atom. The molecule has 158 valence electrons. The molecule has 0 spiro atoms. The fourth-order valence-electron chi connectivity index (χ4n) is 2.79. The monoisotopic (exact) mass is 458 g/mol. The van der Waals surface area contributed by atoms with E-state index in [0.717, 1.165) is 44.7 Å². The summed E-state index contributed by atoms with van der Waals surface area (Å²) in [5.41, 5.74) is 0.549. The number of hydrogen-bond donors (Lipinski definition) is 0. The number of aromatic nitrogens is 1. The van der Waals surface area contributed by atoms with Crippen molar-refractivity contribution in [3.8, 4) is 5.75 Å². The molecule has 0 atom stereocenters. The van der Waals surface area contributed by atoms with Crippen LogP contribution in [0.2, 0.25) is 5.15 Å². The molecule has 1 aliphatic heterocycles. The van der Waals surface area contributed by atoms with Crippen LogP contribution in [-0.2, 0) is 14.6 Å². The fraction of sp³-hybridized carbons (Fsp3) is 0.350. The molecule has 0 saturated carbocycles. The van der Waals surface area contributed by atoms with Crippen molar-refractivity contribution in [1.29, 1.82) is 0 Å². The van der Waals surface area contributed by atoms with Crippen molar-refractivity contribution < 1.29 is 17.9 Å². The molecule has 1 aromatic carbocycles. The second-order valence-electron chi connectivity index (χ2n) is 6.36. The van der Waals surface area contributed by atoms with E-state index in [4.69, 9.17) is 21.1 Å². The predicted octanol–water partition coefficient (Wildman–Crippen LogP) is 3.70. The summed E-state index contributed by atoms with van der Waals surface area (Å²) in [5, 5.41) is 1.39. The smallest absolute Gasteiger partial charge is 0.199 e. The molecule has 1 saturated heterocycles. The van der Waals surface area contributed by atoms with Crippen molar-refractivity contribution in [2.75, 3.05) is 39.5 Å². The summed E-state index contributed by atoms with van der Waals surface area (Å²) < 4.78 is 36.0. The highest BCUT2D eigenvalue weighted by atomic mass is 35.5. The lowest BCUT2D eigenvalue weighted by Crippen LogP contribution is -2.37. The minimum atomic E-state index is -3.57. The van der Waals surface area contributed by atoms with Gasteiger partial charge in [-0.2, -0.15) is 0 Å². The molecular weight excluding hydrogens is 435 g/mol. The topological polar surface area (TPSA) is 68.7 Å². The number of ether oxygens (including phenoxy) is 2. The van der Waals surface area contributed by atoms with Gasteiger partial charge in [-0.3, -0.25) is 4.90 Å². The summed E-state index contributed by atoms with van der Waals surface area (Å²) in [4.78, 5) is 6.47.